The fraction of sp³-hybridized carbons (Fsp3) is 0.500. The molecule has 1 aliphatic heterocycles. The molecule has 1 aromatic rings. The maximum absolute atomic E-state index is 5.50. The summed E-state index contributed by atoms with van der Waals surface area (Å²) in [4.78, 5) is 6.17. The van der Waals surface area contributed by atoms with Gasteiger partial charge in [0.2, 0.25) is 0 Å². The number of hydrogen-bond acceptors (Lipinski definition) is 2. The van der Waals surface area contributed by atoms with Gasteiger partial charge in [-0.2, -0.15) is 0 Å². The molecule has 106 valence electrons. The summed E-state index contributed by atoms with van der Waals surface area (Å²) < 4.78 is 5.50. The minimum Gasteiger partial charge on any atom is -0.493 e. The Morgan fingerprint density at radius 2 is 2.21 bits per heavy atom. The van der Waals surface area contributed by atoms with Crippen LogP contribution in [0.2, 0.25) is 0 Å². The standard InChI is InChI=1S/C14H21N3O.HI/c1-15-14(17(2)3)16-8-6-11-4-5-13-12(10-11)7-9-18-13;/h4-5,10H,6-9H2,1-3H3,(H,15,16);1H. The van der Waals surface area contributed by atoms with E-state index >= 15 is 0 Å². The van der Waals surface area contributed by atoms with Gasteiger partial charge < -0.3 is 15.0 Å². The first kappa shape index (κ1) is 16.1. The number of fused-ring (bicyclic) bond motifs is 1. The van der Waals surface area contributed by atoms with E-state index in [0.717, 1.165) is 37.7 Å². The summed E-state index contributed by atoms with van der Waals surface area (Å²) in [5.41, 5.74) is 2.69. The minimum absolute atomic E-state index is 0. The van der Waals surface area contributed by atoms with Crippen LogP contribution in [0.25, 0.3) is 0 Å². The second-order valence-electron chi connectivity index (χ2n) is 4.66. The van der Waals surface area contributed by atoms with Crippen LogP contribution in [0.1, 0.15) is 11.1 Å². The summed E-state index contributed by atoms with van der Waals surface area (Å²) >= 11 is 0. The molecule has 0 aliphatic carbocycles. The lowest BCUT2D eigenvalue weighted by atomic mass is 10.1. The van der Waals surface area contributed by atoms with Crippen molar-refractivity contribution in [1.82, 2.24) is 10.2 Å². The van der Waals surface area contributed by atoms with E-state index in [1.807, 2.05) is 19.0 Å². The van der Waals surface area contributed by atoms with Crippen LogP contribution in [0.5, 0.6) is 5.75 Å². The molecule has 5 heteroatoms. The topological polar surface area (TPSA) is 36.9 Å². The van der Waals surface area contributed by atoms with Gasteiger partial charge in [-0.1, -0.05) is 12.1 Å². The van der Waals surface area contributed by atoms with Crippen LogP contribution < -0.4 is 10.1 Å². The average molecular weight is 375 g/mol. The lowest BCUT2D eigenvalue weighted by Crippen LogP contribution is -2.37. The molecule has 19 heavy (non-hydrogen) atoms. The van der Waals surface area contributed by atoms with Gasteiger partial charge in [-0.3, -0.25) is 4.99 Å². The second kappa shape index (κ2) is 7.57. The van der Waals surface area contributed by atoms with E-state index in [1.165, 1.54) is 11.1 Å². The van der Waals surface area contributed by atoms with Crippen LogP contribution in [0.3, 0.4) is 0 Å². The smallest absolute Gasteiger partial charge is 0.193 e. The van der Waals surface area contributed by atoms with Crippen molar-refractivity contribution in [2.45, 2.75) is 12.8 Å². The molecule has 0 fully saturated rings. The summed E-state index contributed by atoms with van der Waals surface area (Å²) in [5.74, 6) is 1.97. The van der Waals surface area contributed by atoms with E-state index in [1.54, 1.807) is 7.05 Å². The normalized spacial score (nSPS) is 13.3. The lowest BCUT2D eigenvalue weighted by Gasteiger charge is -2.16. The van der Waals surface area contributed by atoms with Crippen molar-refractivity contribution < 1.29 is 4.74 Å². The first-order valence-corrected chi connectivity index (χ1v) is 6.33. The highest BCUT2D eigenvalue weighted by Crippen LogP contribution is 2.25. The second-order valence-corrected chi connectivity index (χ2v) is 4.66. The first-order chi connectivity index (χ1) is 8.70. The van der Waals surface area contributed by atoms with Crippen LogP contribution in [0, 0.1) is 0 Å². The Kier molecular flexibility index (Phi) is 6.41. The molecule has 0 aromatic heterocycles. The highest BCUT2D eigenvalue weighted by Gasteiger charge is 2.11. The van der Waals surface area contributed by atoms with E-state index in [-0.39, 0.29) is 24.0 Å². The molecule has 0 saturated heterocycles. The molecule has 0 atom stereocenters. The molecular formula is C14H22IN3O. The number of nitrogens with zero attached hydrogens (tertiary/aromatic N) is 2. The molecule has 1 heterocycles. The summed E-state index contributed by atoms with van der Waals surface area (Å²) in [6.45, 7) is 1.72. The predicted molar refractivity (Wildman–Crippen MR) is 89.8 cm³/mol. The summed E-state index contributed by atoms with van der Waals surface area (Å²) in [5, 5.41) is 3.33. The third-order valence-corrected chi connectivity index (χ3v) is 3.09. The zero-order valence-corrected chi connectivity index (χ0v) is 14.1. The van der Waals surface area contributed by atoms with Crippen molar-refractivity contribution in [2.75, 3.05) is 34.3 Å². The van der Waals surface area contributed by atoms with Crippen molar-refractivity contribution in [3.63, 3.8) is 0 Å². The van der Waals surface area contributed by atoms with Gasteiger partial charge >= 0.3 is 0 Å². The Labute approximate surface area is 132 Å². The monoisotopic (exact) mass is 375 g/mol. The number of aliphatic imine (C=N–C) groups is 1. The Bertz CT molecular complexity index is 446. The fourth-order valence-corrected chi connectivity index (χ4v) is 2.15. The van der Waals surface area contributed by atoms with E-state index < -0.39 is 0 Å². The SMILES string of the molecule is CN=C(NCCc1ccc2c(c1)CCO2)N(C)C.I. The van der Waals surface area contributed by atoms with E-state index in [2.05, 4.69) is 28.5 Å². The molecule has 0 radical (unpaired) electrons. The first-order valence-electron chi connectivity index (χ1n) is 6.33. The summed E-state index contributed by atoms with van der Waals surface area (Å²) in [6, 6.07) is 6.48. The number of guanidine groups is 1. The molecule has 4 nitrogen and oxygen atoms in total. The Morgan fingerprint density at radius 1 is 1.42 bits per heavy atom. The van der Waals surface area contributed by atoms with Gasteiger partial charge in [0.1, 0.15) is 5.75 Å². The molecular weight excluding hydrogens is 353 g/mol. The molecule has 0 saturated carbocycles. The van der Waals surface area contributed by atoms with Gasteiger partial charge in [-0.05, 0) is 23.6 Å². The van der Waals surface area contributed by atoms with Gasteiger partial charge in [0.15, 0.2) is 5.96 Å². The molecule has 1 N–H and O–H groups in total. The summed E-state index contributed by atoms with van der Waals surface area (Å²) in [6.07, 6.45) is 2.04. The molecule has 0 unspecified atom stereocenters. The van der Waals surface area contributed by atoms with Crippen LogP contribution in [-0.2, 0) is 12.8 Å². The maximum atomic E-state index is 5.50. The Morgan fingerprint density at radius 3 is 2.89 bits per heavy atom. The number of benzene rings is 1. The third kappa shape index (κ3) is 4.26. The predicted octanol–water partition coefficient (Wildman–Crippen LogP) is 1.92. The van der Waals surface area contributed by atoms with Crippen LogP contribution in [0.4, 0.5) is 0 Å². The third-order valence-electron chi connectivity index (χ3n) is 3.09. The largest absolute Gasteiger partial charge is 0.493 e. The Hall–Kier alpha value is -0.980. The quantitative estimate of drug-likeness (QED) is 0.498. The molecule has 0 bridgehead atoms. The van der Waals surface area contributed by atoms with E-state index in [9.17, 15) is 0 Å². The summed E-state index contributed by atoms with van der Waals surface area (Å²) in [7, 11) is 5.78. The van der Waals surface area contributed by atoms with E-state index in [0.29, 0.717) is 0 Å². The van der Waals surface area contributed by atoms with Gasteiger partial charge in [-0.25, -0.2) is 0 Å². The fourth-order valence-electron chi connectivity index (χ4n) is 2.15. The van der Waals surface area contributed by atoms with Gasteiger partial charge in [0.25, 0.3) is 0 Å². The number of ether oxygens (including phenoxy) is 1. The van der Waals surface area contributed by atoms with Gasteiger partial charge in [-0.15, -0.1) is 24.0 Å². The van der Waals surface area contributed by atoms with Crippen molar-refractivity contribution in [3.8, 4) is 5.75 Å². The van der Waals surface area contributed by atoms with E-state index in [4.69, 9.17) is 4.74 Å². The zero-order chi connectivity index (χ0) is 13.0. The number of halogens is 1. The Balaban J connectivity index is 0.00000180. The van der Waals surface area contributed by atoms with Crippen LogP contribution in [-0.4, -0.2) is 45.2 Å². The van der Waals surface area contributed by atoms with Crippen molar-refractivity contribution >= 4 is 29.9 Å². The number of nitrogens with one attached hydrogen (secondary N) is 1. The van der Waals surface area contributed by atoms with Gasteiger partial charge in [0, 0.05) is 34.1 Å². The van der Waals surface area contributed by atoms with Gasteiger partial charge in [0.05, 0.1) is 6.61 Å². The van der Waals surface area contributed by atoms with Crippen molar-refractivity contribution in [1.29, 1.82) is 0 Å². The molecule has 1 aromatic carbocycles. The zero-order valence-electron chi connectivity index (χ0n) is 11.8. The molecule has 2 rings (SSSR count). The molecule has 1 aliphatic rings. The van der Waals surface area contributed by atoms with Crippen LogP contribution >= 0.6 is 24.0 Å². The minimum atomic E-state index is 0. The van der Waals surface area contributed by atoms with Crippen molar-refractivity contribution in [3.05, 3.63) is 29.3 Å². The average Bonchev–Trinajstić information content (AvgIpc) is 2.81. The number of rotatable bonds is 3. The van der Waals surface area contributed by atoms with Crippen LogP contribution in [0.15, 0.2) is 23.2 Å². The maximum Gasteiger partial charge on any atom is 0.193 e. The van der Waals surface area contributed by atoms with Crippen molar-refractivity contribution in [2.24, 2.45) is 4.99 Å². The highest BCUT2D eigenvalue weighted by atomic mass is 127. The lowest BCUT2D eigenvalue weighted by molar-refractivity contribution is 0.357. The highest BCUT2D eigenvalue weighted by molar-refractivity contribution is 14.0. The molecule has 0 amide bonds. The number of hydrogen-bond donors (Lipinski definition) is 1. The molecule has 0 spiro atoms.